The zero-order valence-electron chi connectivity index (χ0n) is 16.6. The van der Waals surface area contributed by atoms with Gasteiger partial charge in [0.05, 0.1) is 17.6 Å². The van der Waals surface area contributed by atoms with Gasteiger partial charge in [-0.05, 0) is 44.6 Å². The summed E-state index contributed by atoms with van der Waals surface area (Å²) in [4.78, 5) is 31.0. The van der Waals surface area contributed by atoms with E-state index in [9.17, 15) is 9.59 Å². The van der Waals surface area contributed by atoms with Gasteiger partial charge in [-0.3, -0.25) is 9.59 Å². The van der Waals surface area contributed by atoms with Crippen LogP contribution < -0.4 is 0 Å². The summed E-state index contributed by atoms with van der Waals surface area (Å²) in [5, 5.41) is 8.95. The van der Waals surface area contributed by atoms with Crippen LogP contribution in [-0.2, 0) is 16.1 Å². The molecular formula is C21H30N4O2. The van der Waals surface area contributed by atoms with Gasteiger partial charge in [0.1, 0.15) is 0 Å². The van der Waals surface area contributed by atoms with Crippen LogP contribution in [0.2, 0.25) is 0 Å². The maximum absolute atomic E-state index is 13.2. The zero-order chi connectivity index (χ0) is 19.8. The SMILES string of the molecule is CCC(=O)N1CCCC(C(=O)N(CCN(C)C)Cc2ccc(C#N)cc2)C1. The number of benzene rings is 1. The van der Waals surface area contributed by atoms with Gasteiger partial charge < -0.3 is 14.7 Å². The highest BCUT2D eigenvalue weighted by molar-refractivity contribution is 5.81. The van der Waals surface area contributed by atoms with E-state index in [2.05, 4.69) is 11.0 Å². The molecule has 1 aliphatic heterocycles. The number of carbonyl (C=O) groups is 2. The molecule has 0 N–H and O–H groups in total. The number of nitriles is 1. The van der Waals surface area contributed by atoms with E-state index in [4.69, 9.17) is 5.26 Å². The van der Waals surface area contributed by atoms with Crippen LogP contribution in [0.25, 0.3) is 0 Å². The van der Waals surface area contributed by atoms with Gasteiger partial charge in [0.25, 0.3) is 0 Å². The second-order valence-corrected chi connectivity index (χ2v) is 7.40. The number of amides is 2. The van der Waals surface area contributed by atoms with Crippen LogP contribution in [0.4, 0.5) is 0 Å². The molecule has 1 unspecified atom stereocenters. The zero-order valence-corrected chi connectivity index (χ0v) is 16.6. The van der Waals surface area contributed by atoms with Crippen molar-refractivity contribution >= 4 is 11.8 Å². The summed E-state index contributed by atoms with van der Waals surface area (Å²) in [5.41, 5.74) is 1.63. The van der Waals surface area contributed by atoms with E-state index in [1.54, 1.807) is 12.1 Å². The van der Waals surface area contributed by atoms with Crippen molar-refractivity contribution in [1.82, 2.24) is 14.7 Å². The van der Waals surface area contributed by atoms with Gasteiger partial charge in [-0.15, -0.1) is 0 Å². The molecule has 0 aromatic heterocycles. The standard InChI is InChI=1S/C21H30N4O2/c1-4-20(26)24-11-5-6-19(16-24)21(27)25(13-12-23(2)3)15-18-9-7-17(14-22)8-10-18/h7-10,19H,4-6,11-13,15-16H2,1-3H3. The molecule has 1 aromatic carbocycles. The molecule has 1 saturated heterocycles. The van der Waals surface area contributed by atoms with Crippen molar-refractivity contribution in [2.45, 2.75) is 32.7 Å². The lowest BCUT2D eigenvalue weighted by Crippen LogP contribution is -2.47. The molecule has 0 aliphatic carbocycles. The summed E-state index contributed by atoms with van der Waals surface area (Å²) < 4.78 is 0. The van der Waals surface area contributed by atoms with Gasteiger partial charge in [0, 0.05) is 39.1 Å². The molecule has 2 amide bonds. The average Bonchev–Trinajstić information content (AvgIpc) is 2.70. The van der Waals surface area contributed by atoms with Gasteiger partial charge in [0.15, 0.2) is 0 Å². The fourth-order valence-corrected chi connectivity index (χ4v) is 3.38. The van der Waals surface area contributed by atoms with E-state index in [1.807, 2.05) is 43.0 Å². The first-order chi connectivity index (χ1) is 12.9. The summed E-state index contributed by atoms with van der Waals surface area (Å²) in [6, 6.07) is 9.50. The van der Waals surface area contributed by atoms with E-state index in [-0.39, 0.29) is 17.7 Å². The normalized spacial score (nSPS) is 16.9. The Morgan fingerprint density at radius 1 is 1.22 bits per heavy atom. The average molecular weight is 370 g/mol. The summed E-state index contributed by atoms with van der Waals surface area (Å²) in [5.74, 6) is 0.115. The second-order valence-electron chi connectivity index (χ2n) is 7.40. The third-order valence-electron chi connectivity index (χ3n) is 5.01. The molecule has 1 heterocycles. The largest absolute Gasteiger partial charge is 0.342 e. The molecule has 1 aromatic rings. The van der Waals surface area contributed by atoms with Gasteiger partial charge in [-0.1, -0.05) is 19.1 Å². The fraction of sp³-hybridized carbons (Fsp3) is 0.571. The first-order valence-corrected chi connectivity index (χ1v) is 9.65. The molecule has 0 saturated carbocycles. The van der Waals surface area contributed by atoms with E-state index >= 15 is 0 Å². The van der Waals surface area contributed by atoms with Crippen molar-refractivity contribution in [1.29, 1.82) is 5.26 Å². The molecule has 0 bridgehead atoms. The van der Waals surface area contributed by atoms with Crippen LogP contribution in [0.3, 0.4) is 0 Å². The maximum Gasteiger partial charge on any atom is 0.227 e. The van der Waals surface area contributed by atoms with E-state index in [0.29, 0.717) is 31.6 Å². The third-order valence-corrected chi connectivity index (χ3v) is 5.01. The van der Waals surface area contributed by atoms with Crippen molar-refractivity contribution in [2.24, 2.45) is 5.92 Å². The van der Waals surface area contributed by atoms with Crippen LogP contribution in [0.5, 0.6) is 0 Å². The summed E-state index contributed by atoms with van der Waals surface area (Å²) in [7, 11) is 3.99. The quantitative estimate of drug-likeness (QED) is 0.737. The molecule has 27 heavy (non-hydrogen) atoms. The Labute approximate surface area is 162 Å². The number of rotatable bonds is 7. The van der Waals surface area contributed by atoms with Crippen molar-refractivity contribution in [3.05, 3.63) is 35.4 Å². The Bertz CT molecular complexity index is 678. The van der Waals surface area contributed by atoms with Gasteiger partial charge in [-0.25, -0.2) is 0 Å². The molecule has 1 fully saturated rings. The number of likely N-dealkylation sites (N-methyl/N-ethyl adjacent to an activating group) is 1. The Morgan fingerprint density at radius 2 is 1.93 bits per heavy atom. The van der Waals surface area contributed by atoms with Crippen molar-refractivity contribution in [2.75, 3.05) is 40.3 Å². The maximum atomic E-state index is 13.2. The number of piperidine rings is 1. The highest BCUT2D eigenvalue weighted by atomic mass is 16.2. The second kappa shape index (κ2) is 10.1. The number of hydrogen-bond donors (Lipinski definition) is 0. The summed E-state index contributed by atoms with van der Waals surface area (Å²) in [6.45, 7) is 5.09. The predicted octanol–water partition coefficient (Wildman–Crippen LogP) is 2.10. The van der Waals surface area contributed by atoms with Crippen LogP contribution in [0.1, 0.15) is 37.3 Å². The molecule has 146 valence electrons. The molecule has 6 nitrogen and oxygen atoms in total. The van der Waals surface area contributed by atoms with E-state index in [0.717, 1.165) is 31.5 Å². The number of likely N-dealkylation sites (tertiary alicyclic amines) is 1. The molecule has 6 heteroatoms. The van der Waals surface area contributed by atoms with Gasteiger partial charge in [0.2, 0.25) is 11.8 Å². The third kappa shape index (κ3) is 6.07. The molecule has 1 atom stereocenters. The Balaban J connectivity index is 2.10. The summed E-state index contributed by atoms with van der Waals surface area (Å²) in [6.07, 6.45) is 2.19. The van der Waals surface area contributed by atoms with Crippen molar-refractivity contribution < 1.29 is 9.59 Å². The minimum Gasteiger partial charge on any atom is -0.342 e. The topological polar surface area (TPSA) is 67.7 Å². The Morgan fingerprint density at radius 3 is 2.52 bits per heavy atom. The van der Waals surface area contributed by atoms with Crippen LogP contribution in [-0.4, -0.2) is 66.8 Å². The van der Waals surface area contributed by atoms with Gasteiger partial charge in [-0.2, -0.15) is 5.26 Å². The smallest absolute Gasteiger partial charge is 0.227 e. The van der Waals surface area contributed by atoms with Crippen LogP contribution in [0, 0.1) is 17.2 Å². The first-order valence-electron chi connectivity index (χ1n) is 9.65. The highest BCUT2D eigenvalue weighted by Gasteiger charge is 2.30. The molecule has 0 radical (unpaired) electrons. The lowest BCUT2D eigenvalue weighted by atomic mass is 9.96. The number of hydrogen-bond acceptors (Lipinski definition) is 4. The fourth-order valence-electron chi connectivity index (χ4n) is 3.38. The lowest BCUT2D eigenvalue weighted by molar-refractivity contribution is -0.141. The number of nitrogens with zero attached hydrogens (tertiary/aromatic N) is 4. The highest BCUT2D eigenvalue weighted by Crippen LogP contribution is 2.21. The number of carbonyl (C=O) groups excluding carboxylic acids is 2. The Kier molecular flexibility index (Phi) is 7.81. The monoisotopic (exact) mass is 370 g/mol. The molecule has 1 aliphatic rings. The molecule has 0 spiro atoms. The molecular weight excluding hydrogens is 340 g/mol. The van der Waals surface area contributed by atoms with Crippen LogP contribution >= 0.6 is 0 Å². The van der Waals surface area contributed by atoms with Crippen molar-refractivity contribution in [3.8, 4) is 6.07 Å². The van der Waals surface area contributed by atoms with Crippen molar-refractivity contribution in [3.63, 3.8) is 0 Å². The minimum absolute atomic E-state index is 0.120. The molecule has 2 rings (SSSR count). The predicted molar refractivity (Wildman–Crippen MR) is 105 cm³/mol. The van der Waals surface area contributed by atoms with Crippen LogP contribution in [0.15, 0.2) is 24.3 Å². The van der Waals surface area contributed by atoms with Gasteiger partial charge >= 0.3 is 0 Å². The van der Waals surface area contributed by atoms with E-state index < -0.39 is 0 Å². The first kappa shape index (κ1) is 20.9. The summed E-state index contributed by atoms with van der Waals surface area (Å²) >= 11 is 0. The minimum atomic E-state index is -0.130. The lowest BCUT2D eigenvalue weighted by Gasteiger charge is -2.35. The Hall–Kier alpha value is -2.39. The van der Waals surface area contributed by atoms with E-state index in [1.165, 1.54) is 0 Å².